The molecule has 4 heteroatoms. The lowest BCUT2D eigenvalue weighted by Crippen LogP contribution is -2.11. The average Bonchev–Trinajstić information content (AvgIpc) is 3.06. The van der Waals surface area contributed by atoms with Crippen LogP contribution in [0, 0.1) is 13.8 Å². The standard InChI is InChI=1S/C23H20N2O2/c1-15-12-16(2)22-20(13-15)25-21(27-22)14-17-8-10-19(11-9-17)24-23(26)18-6-4-3-5-7-18/h3-13H,14H2,1-2H3,(H,24,26). The van der Waals surface area contributed by atoms with Crippen LogP contribution in [0.1, 0.15) is 32.9 Å². The van der Waals surface area contributed by atoms with Gasteiger partial charge in [-0.3, -0.25) is 4.79 Å². The fourth-order valence-corrected chi connectivity index (χ4v) is 3.17. The zero-order valence-corrected chi connectivity index (χ0v) is 15.3. The molecule has 134 valence electrons. The van der Waals surface area contributed by atoms with E-state index < -0.39 is 0 Å². The Balaban J connectivity index is 1.48. The van der Waals surface area contributed by atoms with Gasteiger partial charge in [0, 0.05) is 17.7 Å². The molecule has 1 aromatic heterocycles. The number of fused-ring (bicyclic) bond motifs is 1. The van der Waals surface area contributed by atoms with Gasteiger partial charge in [-0.1, -0.05) is 36.4 Å². The molecule has 0 aliphatic rings. The molecule has 4 rings (SSSR count). The Morgan fingerprint density at radius 3 is 2.48 bits per heavy atom. The van der Waals surface area contributed by atoms with Crippen molar-refractivity contribution in [3.8, 4) is 0 Å². The van der Waals surface area contributed by atoms with E-state index in [1.54, 1.807) is 12.1 Å². The lowest BCUT2D eigenvalue weighted by Gasteiger charge is -2.06. The Kier molecular flexibility index (Phi) is 4.47. The number of anilines is 1. The summed E-state index contributed by atoms with van der Waals surface area (Å²) in [4.78, 5) is 16.8. The Morgan fingerprint density at radius 2 is 1.74 bits per heavy atom. The molecule has 1 heterocycles. The molecule has 0 radical (unpaired) electrons. The first-order valence-electron chi connectivity index (χ1n) is 8.90. The molecule has 0 atom stereocenters. The minimum atomic E-state index is -0.117. The number of carbonyl (C=O) groups excluding carboxylic acids is 1. The van der Waals surface area contributed by atoms with Crippen LogP contribution in [-0.4, -0.2) is 10.9 Å². The van der Waals surface area contributed by atoms with Gasteiger partial charge < -0.3 is 9.73 Å². The van der Waals surface area contributed by atoms with Gasteiger partial charge in [-0.2, -0.15) is 0 Å². The van der Waals surface area contributed by atoms with Gasteiger partial charge in [0.2, 0.25) is 0 Å². The Labute approximate surface area is 157 Å². The number of hydrogen-bond donors (Lipinski definition) is 1. The summed E-state index contributed by atoms with van der Waals surface area (Å²) >= 11 is 0. The third-order valence-corrected chi connectivity index (χ3v) is 4.47. The molecule has 0 saturated heterocycles. The maximum atomic E-state index is 12.2. The van der Waals surface area contributed by atoms with Crippen molar-refractivity contribution in [2.45, 2.75) is 20.3 Å². The van der Waals surface area contributed by atoms with Crippen molar-refractivity contribution in [3.63, 3.8) is 0 Å². The van der Waals surface area contributed by atoms with Crippen LogP contribution in [0.5, 0.6) is 0 Å². The first kappa shape index (κ1) is 17.0. The van der Waals surface area contributed by atoms with E-state index in [0.717, 1.165) is 27.9 Å². The number of oxazole rings is 1. The molecular weight excluding hydrogens is 336 g/mol. The van der Waals surface area contributed by atoms with Crippen molar-refractivity contribution in [2.75, 3.05) is 5.32 Å². The van der Waals surface area contributed by atoms with Crippen LogP contribution in [0.4, 0.5) is 5.69 Å². The van der Waals surface area contributed by atoms with E-state index in [4.69, 9.17) is 4.42 Å². The fourth-order valence-electron chi connectivity index (χ4n) is 3.17. The second kappa shape index (κ2) is 7.08. The molecule has 0 bridgehead atoms. The summed E-state index contributed by atoms with van der Waals surface area (Å²) in [6, 6.07) is 21.1. The van der Waals surface area contributed by atoms with Gasteiger partial charge in [-0.05, 0) is 60.9 Å². The van der Waals surface area contributed by atoms with Gasteiger partial charge in [0.25, 0.3) is 5.91 Å². The molecule has 0 aliphatic heterocycles. The maximum Gasteiger partial charge on any atom is 0.255 e. The zero-order chi connectivity index (χ0) is 18.8. The smallest absolute Gasteiger partial charge is 0.255 e. The highest BCUT2D eigenvalue weighted by Gasteiger charge is 2.10. The average molecular weight is 356 g/mol. The van der Waals surface area contributed by atoms with E-state index in [9.17, 15) is 4.79 Å². The number of carbonyl (C=O) groups is 1. The summed E-state index contributed by atoms with van der Waals surface area (Å²) in [5.41, 5.74) is 6.50. The van der Waals surface area contributed by atoms with Crippen LogP contribution in [-0.2, 0) is 6.42 Å². The summed E-state index contributed by atoms with van der Waals surface area (Å²) in [7, 11) is 0. The summed E-state index contributed by atoms with van der Waals surface area (Å²) in [6.45, 7) is 4.09. The lowest BCUT2D eigenvalue weighted by molar-refractivity contribution is 0.102. The molecule has 27 heavy (non-hydrogen) atoms. The third-order valence-electron chi connectivity index (χ3n) is 4.47. The Morgan fingerprint density at radius 1 is 1.00 bits per heavy atom. The van der Waals surface area contributed by atoms with E-state index in [1.165, 1.54) is 5.56 Å². The molecule has 4 nitrogen and oxygen atoms in total. The molecule has 0 unspecified atom stereocenters. The number of nitrogens with one attached hydrogen (secondary N) is 1. The molecule has 0 spiro atoms. The van der Waals surface area contributed by atoms with Gasteiger partial charge in [-0.15, -0.1) is 0 Å². The second-order valence-electron chi connectivity index (χ2n) is 6.73. The maximum absolute atomic E-state index is 12.2. The highest BCUT2D eigenvalue weighted by Crippen LogP contribution is 2.23. The summed E-state index contributed by atoms with van der Waals surface area (Å²) in [5, 5.41) is 2.91. The van der Waals surface area contributed by atoms with Gasteiger partial charge in [0.1, 0.15) is 5.52 Å². The molecule has 1 N–H and O–H groups in total. The highest BCUT2D eigenvalue weighted by molar-refractivity contribution is 6.04. The van der Waals surface area contributed by atoms with E-state index >= 15 is 0 Å². The van der Waals surface area contributed by atoms with Gasteiger partial charge in [0.15, 0.2) is 11.5 Å². The first-order chi connectivity index (χ1) is 13.1. The number of aromatic nitrogens is 1. The van der Waals surface area contributed by atoms with Gasteiger partial charge in [0.05, 0.1) is 0 Å². The number of rotatable bonds is 4. The van der Waals surface area contributed by atoms with E-state index in [1.807, 2.05) is 55.5 Å². The number of nitrogens with zero attached hydrogens (tertiary/aromatic N) is 1. The number of hydrogen-bond acceptors (Lipinski definition) is 3. The Hall–Kier alpha value is -3.40. The van der Waals surface area contributed by atoms with Gasteiger partial charge >= 0.3 is 0 Å². The predicted octanol–water partition coefficient (Wildman–Crippen LogP) is 5.29. The molecule has 1 amide bonds. The van der Waals surface area contributed by atoms with Crippen LogP contribution in [0.3, 0.4) is 0 Å². The van der Waals surface area contributed by atoms with Crippen molar-refractivity contribution in [1.29, 1.82) is 0 Å². The fraction of sp³-hybridized carbons (Fsp3) is 0.130. The van der Waals surface area contributed by atoms with E-state index in [2.05, 4.69) is 23.3 Å². The quantitative estimate of drug-likeness (QED) is 0.541. The van der Waals surface area contributed by atoms with E-state index in [0.29, 0.717) is 17.9 Å². The number of aryl methyl sites for hydroxylation is 2. The predicted molar refractivity (Wildman–Crippen MR) is 107 cm³/mol. The van der Waals surface area contributed by atoms with Crippen LogP contribution < -0.4 is 5.32 Å². The minimum Gasteiger partial charge on any atom is -0.440 e. The number of benzene rings is 3. The van der Waals surface area contributed by atoms with E-state index in [-0.39, 0.29) is 5.91 Å². The van der Waals surface area contributed by atoms with Crippen molar-refractivity contribution in [3.05, 3.63) is 94.9 Å². The lowest BCUT2D eigenvalue weighted by atomic mass is 10.1. The normalized spacial score (nSPS) is 10.9. The summed E-state index contributed by atoms with van der Waals surface area (Å²) < 4.78 is 5.93. The highest BCUT2D eigenvalue weighted by atomic mass is 16.3. The summed E-state index contributed by atoms with van der Waals surface area (Å²) in [6.07, 6.45) is 0.611. The first-order valence-corrected chi connectivity index (χ1v) is 8.90. The topological polar surface area (TPSA) is 55.1 Å². The van der Waals surface area contributed by atoms with Crippen LogP contribution in [0.25, 0.3) is 11.1 Å². The minimum absolute atomic E-state index is 0.117. The molecular formula is C23H20N2O2. The van der Waals surface area contributed by atoms with Crippen molar-refractivity contribution in [2.24, 2.45) is 0 Å². The molecule has 3 aromatic carbocycles. The van der Waals surface area contributed by atoms with Gasteiger partial charge in [-0.25, -0.2) is 4.98 Å². The second-order valence-corrected chi connectivity index (χ2v) is 6.73. The third kappa shape index (κ3) is 3.75. The summed E-state index contributed by atoms with van der Waals surface area (Å²) in [5.74, 6) is 0.577. The van der Waals surface area contributed by atoms with Crippen molar-refractivity contribution >= 4 is 22.7 Å². The van der Waals surface area contributed by atoms with Crippen LogP contribution in [0.15, 0.2) is 71.1 Å². The molecule has 4 aromatic rings. The molecule has 0 fully saturated rings. The molecule has 0 saturated carbocycles. The monoisotopic (exact) mass is 356 g/mol. The van der Waals surface area contributed by atoms with Crippen LogP contribution >= 0.6 is 0 Å². The molecule has 0 aliphatic carbocycles. The van der Waals surface area contributed by atoms with Crippen LogP contribution in [0.2, 0.25) is 0 Å². The van der Waals surface area contributed by atoms with Crippen molar-refractivity contribution < 1.29 is 9.21 Å². The number of amides is 1. The largest absolute Gasteiger partial charge is 0.440 e. The SMILES string of the molecule is Cc1cc(C)c2oc(Cc3ccc(NC(=O)c4ccccc4)cc3)nc2c1. The van der Waals surface area contributed by atoms with Crippen molar-refractivity contribution in [1.82, 2.24) is 4.98 Å². The Bertz CT molecular complexity index is 1100. The zero-order valence-electron chi connectivity index (χ0n) is 15.3.